The molecule has 0 aliphatic rings. The lowest BCUT2D eigenvalue weighted by Crippen LogP contribution is -2.03. The predicted octanol–water partition coefficient (Wildman–Crippen LogP) is 3.77. The van der Waals surface area contributed by atoms with Crippen LogP contribution in [0.5, 0.6) is 5.75 Å². The Morgan fingerprint density at radius 3 is 2.55 bits per heavy atom. The van der Waals surface area contributed by atoms with E-state index in [1.54, 1.807) is 24.3 Å². The van der Waals surface area contributed by atoms with Crippen molar-refractivity contribution in [2.75, 3.05) is 5.32 Å². The molecule has 3 nitrogen and oxygen atoms in total. The summed E-state index contributed by atoms with van der Waals surface area (Å²) in [5.74, 6) is 0.116. The Labute approximate surface area is 115 Å². The van der Waals surface area contributed by atoms with Gasteiger partial charge in [0.2, 0.25) is 0 Å². The smallest absolute Gasteiger partial charge is 0.387 e. The molecule has 1 N–H and O–H groups in total. The normalized spacial score (nSPS) is 10.1. The third kappa shape index (κ3) is 3.95. The van der Waals surface area contributed by atoms with Gasteiger partial charge in [-0.2, -0.15) is 14.0 Å². The van der Waals surface area contributed by atoms with E-state index in [2.05, 4.69) is 10.1 Å². The molecule has 0 bridgehead atoms. The zero-order valence-electron chi connectivity index (χ0n) is 10.5. The summed E-state index contributed by atoms with van der Waals surface area (Å²) in [4.78, 5) is 0. The van der Waals surface area contributed by atoms with Crippen LogP contribution in [0.3, 0.4) is 0 Å². The molecule has 0 atom stereocenters. The number of nitrogens with zero attached hydrogens (tertiary/aromatic N) is 1. The van der Waals surface area contributed by atoms with Crippen LogP contribution in [0.15, 0.2) is 48.5 Å². The summed E-state index contributed by atoms with van der Waals surface area (Å²) in [5.41, 5.74) is 2.28. The molecular formula is C15H12F2N2O. The van der Waals surface area contributed by atoms with E-state index in [4.69, 9.17) is 5.26 Å². The van der Waals surface area contributed by atoms with Crippen LogP contribution in [-0.2, 0) is 6.54 Å². The number of benzene rings is 2. The molecule has 0 unspecified atom stereocenters. The van der Waals surface area contributed by atoms with E-state index in [0.717, 1.165) is 5.56 Å². The minimum atomic E-state index is -2.83. The third-order valence-corrected chi connectivity index (χ3v) is 2.64. The Kier molecular flexibility index (Phi) is 4.51. The second-order valence-electron chi connectivity index (χ2n) is 4.07. The molecule has 0 saturated heterocycles. The molecule has 0 saturated carbocycles. The van der Waals surface area contributed by atoms with Crippen LogP contribution in [0.4, 0.5) is 14.5 Å². The first-order valence-corrected chi connectivity index (χ1v) is 5.95. The maximum Gasteiger partial charge on any atom is 0.387 e. The van der Waals surface area contributed by atoms with E-state index >= 15 is 0 Å². The predicted molar refractivity (Wildman–Crippen MR) is 71.6 cm³/mol. The van der Waals surface area contributed by atoms with Crippen molar-refractivity contribution in [3.8, 4) is 11.8 Å². The first kappa shape index (κ1) is 13.8. The Morgan fingerprint density at radius 2 is 1.90 bits per heavy atom. The highest BCUT2D eigenvalue weighted by Crippen LogP contribution is 2.19. The van der Waals surface area contributed by atoms with Crippen molar-refractivity contribution in [3.63, 3.8) is 0 Å². The topological polar surface area (TPSA) is 45.0 Å². The Bertz CT molecular complexity index is 606. The van der Waals surface area contributed by atoms with Gasteiger partial charge in [-0.3, -0.25) is 0 Å². The van der Waals surface area contributed by atoms with Crippen molar-refractivity contribution in [2.45, 2.75) is 13.2 Å². The Hall–Kier alpha value is -2.61. The number of hydrogen-bond donors (Lipinski definition) is 1. The molecule has 0 spiro atoms. The van der Waals surface area contributed by atoms with Gasteiger partial charge < -0.3 is 10.1 Å². The molecule has 0 radical (unpaired) electrons. The van der Waals surface area contributed by atoms with Crippen LogP contribution in [0, 0.1) is 11.3 Å². The summed E-state index contributed by atoms with van der Waals surface area (Å²) < 4.78 is 28.5. The summed E-state index contributed by atoms with van der Waals surface area (Å²) in [5, 5.41) is 11.8. The zero-order chi connectivity index (χ0) is 14.4. The summed E-state index contributed by atoms with van der Waals surface area (Å²) >= 11 is 0. The van der Waals surface area contributed by atoms with Crippen LogP contribution in [-0.4, -0.2) is 6.61 Å². The number of rotatable bonds is 5. The monoisotopic (exact) mass is 274 g/mol. The highest BCUT2D eigenvalue weighted by molar-refractivity contribution is 5.48. The zero-order valence-corrected chi connectivity index (χ0v) is 10.5. The van der Waals surface area contributed by atoms with Gasteiger partial charge in [0.25, 0.3) is 0 Å². The second kappa shape index (κ2) is 6.53. The molecule has 0 aromatic heterocycles. The molecule has 2 aromatic rings. The van der Waals surface area contributed by atoms with Crippen LogP contribution >= 0.6 is 0 Å². The highest BCUT2D eigenvalue weighted by Gasteiger charge is 2.04. The van der Waals surface area contributed by atoms with Crippen molar-refractivity contribution in [3.05, 3.63) is 59.7 Å². The van der Waals surface area contributed by atoms with Gasteiger partial charge in [0, 0.05) is 18.3 Å². The number of anilines is 1. The summed E-state index contributed by atoms with van der Waals surface area (Å²) in [7, 11) is 0. The van der Waals surface area contributed by atoms with E-state index < -0.39 is 6.61 Å². The average Bonchev–Trinajstić information content (AvgIpc) is 2.45. The van der Waals surface area contributed by atoms with E-state index in [1.807, 2.05) is 18.2 Å². The third-order valence-electron chi connectivity index (χ3n) is 2.64. The molecule has 0 amide bonds. The van der Waals surface area contributed by atoms with Crippen LogP contribution in [0.2, 0.25) is 0 Å². The number of halogens is 2. The van der Waals surface area contributed by atoms with Gasteiger partial charge in [-0.1, -0.05) is 18.2 Å². The fourth-order valence-corrected chi connectivity index (χ4v) is 1.68. The van der Waals surface area contributed by atoms with Gasteiger partial charge in [0.15, 0.2) is 0 Å². The van der Waals surface area contributed by atoms with E-state index in [1.165, 1.54) is 12.1 Å². The highest BCUT2D eigenvalue weighted by atomic mass is 19.3. The SMILES string of the molecule is N#Cc1ccc(CNc2cccc(OC(F)F)c2)cc1. The van der Waals surface area contributed by atoms with E-state index in [0.29, 0.717) is 17.8 Å². The quantitative estimate of drug-likeness (QED) is 0.902. The first-order valence-electron chi connectivity index (χ1n) is 5.95. The molecule has 20 heavy (non-hydrogen) atoms. The lowest BCUT2D eigenvalue weighted by atomic mass is 10.1. The number of alkyl halides is 2. The molecule has 0 aliphatic heterocycles. The number of hydrogen-bond acceptors (Lipinski definition) is 3. The molecule has 2 rings (SSSR count). The van der Waals surface area contributed by atoms with Crippen molar-refractivity contribution >= 4 is 5.69 Å². The maximum absolute atomic E-state index is 12.1. The van der Waals surface area contributed by atoms with Gasteiger partial charge in [-0.25, -0.2) is 0 Å². The molecule has 0 fully saturated rings. The van der Waals surface area contributed by atoms with Gasteiger partial charge in [-0.05, 0) is 29.8 Å². The van der Waals surface area contributed by atoms with Gasteiger partial charge >= 0.3 is 6.61 Å². The number of ether oxygens (including phenoxy) is 1. The largest absolute Gasteiger partial charge is 0.435 e. The molecule has 102 valence electrons. The lowest BCUT2D eigenvalue weighted by Gasteiger charge is -2.09. The first-order chi connectivity index (χ1) is 9.67. The maximum atomic E-state index is 12.1. The Morgan fingerprint density at radius 1 is 1.15 bits per heavy atom. The average molecular weight is 274 g/mol. The number of nitrogens with one attached hydrogen (secondary N) is 1. The minimum Gasteiger partial charge on any atom is -0.435 e. The molecule has 5 heteroatoms. The fraction of sp³-hybridized carbons (Fsp3) is 0.133. The lowest BCUT2D eigenvalue weighted by molar-refractivity contribution is -0.0498. The summed E-state index contributed by atoms with van der Waals surface area (Å²) in [6.07, 6.45) is 0. The van der Waals surface area contributed by atoms with Crippen molar-refractivity contribution in [1.29, 1.82) is 5.26 Å². The van der Waals surface area contributed by atoms with Crippen LogP contribution in [0.1, 0.15) is 11.1 Å². The standard InChI is InChI=1S/C15H12F2N2O/c16-15(17)20-14-3-1-2-13(8-14)19-10-12-6-4-11(9-18)5-7-12/h1-8,15,19H,10H2. The molecule has 0 heterocycles. The molecule has 2 aromatic carbocycles. The van der Waals surface area contributed by atoms with Crippen molar-refractivity contribution in [1.82, 2.24) is 0 Å². The summed E-state index contributed by atoms with van der Waals surface area (Å²) in [6, 6.07) is 15.6. The van der Waals surface area contributed by atoms with Gasteiger partial charge in [0.1, 0.15) is 5.75 Å². The van der Waals surface area contributed by atoms with Crippen molar-refractivity contribution in [2.24, 2.45) is 0 Å². The van der Waals surface area contributed by atoms with E-state index in [-0.39, 0.29) is 5.75 Å². The van der Waals surface area contributed by atoms with Gasteiger partial charge in [0.05, 0.1) is 11.6 Å². The second-order valence-corrected chi connectivity index (χ2v) is 4.07. The van der Waals surface area contributed by atoms with E-state index in [9.17, 15) is 8.78 Å². The minimum absolute atomic E-state index is 0.116. The summed E-state index contributed by atoms with van der Waals surface area (Å²) in [6.45, 7) is -2.30. The van der Waals surface area contributed by atoms with Gasteiger partial charge in [-0.15, -0.1) is 0 Å². The number of nitriles is 1. The van der Waals surface area contributed by atoms with Crippen LogP contribution < -0.4 is 10.1 Å². The molecule has 0 aliphatic carbocycles. The molecular weight excluding hydrogens is 262 g/mol. The van der Waals surface area contributed by atoms with Crippen molar-refractivity contribution < 1.29 is 13.5 Å². The van der Waals surface area contributed by atoms with Crippen LogP contribution in [0.25, 0.3) is 0 Å². The fourth-order valence-electron chi connectivity index (χ4n) is 1.68. The Balaban J connectivity index is 1.97.